The summed E-state index contributed by atoms with van der Waals surface area (Å²) in [7, 11) is 0. The van der Waals surface area contributed by atoms with Gasteiger partial charge < -0.3 is 0 Å². The number of hydrogen-bond acceptors (Lipinski definition) is 1. The SMILES string of the molecule is O=c1c(-c2ccccc2)c(Cl)n(Cl)n1Cl. The number of rotatable bonds is 1. The third-order valence-electron chi connectivity index (χ3n) is 1.97. The first-order chi connectivity index (χ1) is 7.13. The van der Waals surface area contributed by atoms with Crippen LogP contribution in [0.2, 0.25) is 5.15 Å². The molecule has 0 saturated carbocycles. The van der Waals surface area contributed by atoms with E-state index < -0.39 is 5.56 Å². The van der Waals surface area contributed by atoms with Crippen molar-refractivity contribution in [2.75, 3.05) is 0 Å². The number of aromatic nitrogens is 2. The highest BCUT2D eigenvalue weighted by atomic mass is 35.5. The summed E-state index contributed by atoms with van der Waals surface area (Å²) in [5.74, 6) is 0. The highest BCUT2D eigenvalue weighted by Gasteiger charge is 2.17. The van der Waals surface area contributed by atoms with Crippen LogP contribution in [0.5, 0.6) is 0 Å². The van der Waals surface area contributed by atoms with Crippen LogP contribution in [0.3, 0.4) is 0 Å². The second-order valence-electron chi connectivity index (χ2n) is 2.86. The molecular weight excluding hydrogens is 258 g/mol. The minimum absolute atomic E-state index is 0.0999. The van der Waals surface area contributed by atoms with E-state index in [-0.39, 0.29) is 5.15 Å². The van der Waals surface area contributed by atoms with Crippen LogP contribution in [0.4, 0.5) is 0 Å². The third kappa shape index (κ3) is 1.67. The Labute approximate surface area is 101 Å². The Morgan fingerprint density at radius 2 is 1.60 bits per heavy atom. The highest BCUT2D eigenvalue weighted by Crippen LogP contribution is 2.25. The van der Waals surface area contributed by atoms with Crippen LogP contribution in [0, 0.1) is 0 Å². The van der Waals surface area contributed by atoms with Crippen LogP contribution in [0.25, 0.3) is 11.1 Å². The van der Waals surface area contributed by atoms with Crippen LogP contribution in [0.1, 0.15) is 0 Å². The number of halogens is 3. The molecule has 0 N–H and O–H groups in total. The van der Waals surface area contributed by atoms with Gasteiger partial charge in [-0.15, -0.1) is 4.20 Å². The summed E-state index contributed by atoms with van der Waals surface area (Å²) in [6.07, 6.45) is 0. The predicted octanol–water partition coefficient (Wildman–Crippen LogP) is 2.97. The molecule has 15 heavy (non-hydrogen) atoms. The molecule has 0 spiro atoms. The van der Waals surface area contributed by atoms with Crippen molar-refractivity contribution in [3.63, 3.8) is 0 Å². The predicted molar refractivity (Wildman–Crippen MR) is 61.6 cm³/mol. The molecule has 0 aliphatic carbocycles. The average molecular weight is 264 g/mol. The molecule has 3 nitrogen and oxygen atoms in total. The Balaban J connectivity index is 2.75. The zero-order valence-corrected chi connectivity index (χ0v) is 9.59. The molecule has 0 amide bonds. The molecule has 0 aliphatic heterocycles. The third-order valence-corrected chi connectivity index (χ3v) is 3.10. The zero-order valence-electron chi connectivity index (χ0n) is 7.32. The summed E-state index contributed by atoms with van der Waals surface area (Å²) in [5, 5.41) is 0.0999. The summed E-state index contributed by atoms with van der Waals surface area (Å²) in [6, 6.07) is 8.96. The molecule has 2 rings (SSSR count). The Kier molecular flexibility index (Phi) is 2.78. The fourth-order valence-electron chi connectivity index (χ4n) is 1.28. The molecule has 2 aromatic rings. The monoisotopic (exact) mass is 262 g/mol. The molecule has 0 fully saturated rings. The molecule has 0 saturated heterocycles. The quantitative estimate of drug-likeness (QED) is 0.777. The Bertz CT molecular complexity index is 544. The average Bonchev–Trinajstić information content (AvgIpc) is 2.45. The van der Waals surface area contributed by atoms with E-state index in [0.717, 1.165) is 8.40 Å². The molecular formula is C9H5Cl3N2O. The molecule has 0 aliphatic rings. The van der Waals surface area contributed by atoms with E-state index in [9.17, 15) is 4.79 Å². The fourth-order valence-corrected chi connectivity index (χ4v) is 1.89. The fraction of sp³-hybridized carbons (Fsp3) is 0. The largest absolute Gasteiger partial charge is 0.292 e. The maximum Gasteiger partial charge on any atom is 0.292 e. The lowest BCUT2D eigenvalue weighted by Crippen LogP contribution is -2.11. The van der Waals surface area contributed by atoms with E-state index in [1.165, 1.54) is 0 Å². The second kappa shape index (κ2) is 3.93. The second-order valence-corrected chi connectivity index (χ2v) is 3.86. The van der Waals surface area contributed by atoms with E-state index in [4.69, 9.17) is 35.2 Å². The first-order valence-corrected chi connectivity index (χ1v) is 5.09. The first-order valence-electron chi connectivity index (χ1n) is 4.04. The lowest BCUT2D eigenvalue weighted by molar-refractivity contribution is 0.885. The maximum absolute atomic E-state index is 11.7. The normalized spacial score (nSPS) is 10.6. The van der Waals surface area contributed by atoms with Crippen molar-refractivity contribution in [1.29, 1.82) is 0 Å². The summed E-state index contributed by atoms with van der Waals surface area (Å²) >= 11 is 17.2. The molecule has 0 unspecified atom stereocenters. The van der Waals surface area contributed by atoms with Crippen LogP contribution in [-0.4, -0.2) is 8.40 Å². The molecule has 1 heterocycles. The van der Waals surface area contributed by atoms with Gasteiger partial charge >= 0.3 is 0 Å². The van der Waals surface area contributed by atoms with Crippen molar-refractivity contribution in [2.45, 2.75) is 0 Å². The molecule has 6 heteroatoms. The zero-order chi connectivity index (χ0) is 11.0. The van der Waals surface area contributed by atoms with Gasteiger partial charge in [0.2, 0.25) is 0 Å². The topological polar surface area (TPSA) is 26.9 Å². The lowest BCUT2D eigenvalue weighted by Gasteiger charge is -1.95. The standard InChI is InChI=1S/C9H5Cl3N2O/c10-8-7(6-4-2-1-3-5-6)9(15)14(12)13(8)11/h1-5H. The summed E-state index contributed by atoms with van der Waals surface area (Å²) < 4.78 is 1.60. The van der Waals surface area contributed by atoms with Gasteiger partial charge in [-0.1, -0.05) is 41.9 Å². The van der Waals surface area contributed by atoms with Crippen molar-refractivity contribution < 1.29 is 0 Å². The molecule has 0 bridgehead atoms. The summed E-state index contributed by atoms with van der Waals surface area (Å²) in [4.78, 5) is 11.7. The van der Waals surface area contributed by atoms with Gasteiger partial charge in [-0.3, -0.25) is 4.79 Å². The van der Waals surface area contributed by atoms with Gasteiger partial charge in [0.25, 0.3) is 5.56 Å². The number of hydrogen-bond donors (Lipinski definition) is 0. The molecule has 0 radical (unpaired) electrons. The van der Waals surface area contributed by atoms with Crippen molar-refractivity contribution in [2.24, 2.45) is 0 Å². The van der Waals surface area contributed by atoms with Crippen LogP contribution in [0.15, 0.2) is 35.1 Å². The van der Waals surface area contributed by atoms with E-state index in [0.29, 0.717) is 11.1 Å². The van der Waals surface area contributed by atoms with Crippen molar-refractivity contribution in [1.82, 2.24) is 8.40 Å². The van der Waals surface area contributed by atoms with Gasteiger partial charge in [0, 0.05) is 23.6 Å². The highest BCUT2D eigenvalue weighted by molar-refractivity contribution is 6.36. The Morgan fingerprint density at radius 1 is 1.00 bits per heavy atom. The Morgan fingerprint density at radius 3 is 2.07 bits per heavy atom. The van der Waals surface area contributed by atoms with Crippen LogP contribution in [-0.2, 0) is 0 Å². The summed E-state index contributed by atoms with van der Waals surface area (Å²) in [6.45, 7) is 0. The van der Waals surface area contributed by atoms with Gasteiger partial charge in [0.05, 0.1) is 5.56 Å². The van der Waals surface area contributed by atoms with Gasteiger partial charge in [0.15, 0.2) is 5.15 Å². The first kappa shape index (κ1) is 10.6. The van der Waals surface area contributed by atoms with Gasteiger partial charge in [-0.25, -0.2) is 0 Å². The van der Waals surface area contributed by atoms with Crippen molar-refractivity contribution in [3.8, 4) is 11.1 Å². The van der Waals surface area contributed by atoms with E-state index in [2.05, 4.69) is 0 Å². The summed E-state index contributed by atoms with van der Waals surface area (Å²) in [5.41, 5.74) is 0.534. The van der Waals surface area contributed by atoms with Crippen molar-refractivity contribution in [3.05, 3.63) is 45.8 Å². The molecule has 78 valence electrons. The number of benzene rings is 1. The van der Waals surface area contributed by atoms with Gasteiger partial charge in [0.1, 0.15) is 0 Å². The Hall–Kier alpha value is -0.900. The lowest BCUT2D eigenvalue weighted by atomic mass is 10.1. The minimum atomic E-state index is -0.442. The van der Waals surface area contributed by atoms with E-state index in [1.54, 1.807) is 24.3 Å². The van der Waals surface area contributed by atoms with E-state index in [1.807, 2.05) is 6.07 Å². The molecule has 0 atom stereocenters. The molecule has 1 aromatic heterocycles. The van der Waals surface area contributed by atoms with Gasteiger partial charge in [-0.05, 0) is 5.56 Å². The van der Waals surface area contributed by atoms with Gasteiger partial charge in [-0.2, -0.15) is 4.20 Å². The van der Waals surface area contributed by atoms with E-state index >= 15 is 0 Å². The maximum atomic E-state index is 11.7. The molecule has 1 aromatic carbocycles. The van der Waals surface area contributed by atoms with Crippen LogP contribution < -0.4 is 5.56 Å². The van der Waals surface area contributed by atoms with Crippen molar-refractivity contribution >= 4 is 35.2 Å². The number of nitrogens with zero attached hydrogens (tertiary/aromatic N) is 2. The minimum Gasteiger partial charge on any atom is -0.266 e. The smallest absolute Gasteiger partial charge is 0.266 e. The van der Waals surface area contributed by atoms with Crippen LogP contribution >= 0.6 is 35.2 Å².